The second-order valence-electron chi connectivity index (χ2n) is 3.90. The van der Waals surface area contributed by atoms with Gasteiger partial charge in [0.25, 0.3) is 0 Å². The molecule has 0 spiro atoms. The summed E-state index contributed by atoms with van der Waals surface area (Å²) in [5.41, 5.74) is 2.35. The van der Waals surface area contributed by atoms with Gasteiger partial charge in [-0.25, -0.2) is 4.39 Å². The number of hydrogen-bond acceptors (Lipinski definition) is 1. The molecule has 94 valence electrons. The van der Waals surface area contributed by atoms with Gasteiger partial charge in [0.05, 0.1) is 4.47 Å². The topological polar surface area (TPSA) is 9.23 Å². The standard InChI is InChI=1S/C14H11Br2FO/c1-9-6-11(3-2-10(9)8-15)18-12-4-5-13(16)14(17)7-12/h2-7H,8H2,1H3. The van der Waals surface area contributed by atoms with Gasteiger partial charge >= 0.3 is 0 Å². The first-order valence-corrected chi connectivity index (χ1v) is 7.30. The predicted octanol–water partition coefficient (Wildman–Crippen LogP) is 5.58. The Morgan fingerprint density at radius 1 is 1.11 bits per heavy atom. The van der Waals surface area contributed by atoms with E-state index in [-0.39, 0.29) is 5.82 Å². The van der Waals surface area contributed by atoms with Gasteiger partial charge in [-0.1, -0.05) is 22.0 Å². The average Bonchev–Trinajstić information content (AvgIpc) is 2.34. The maximum atomic E-state index is 13.3. The van der Waals surface area contributed by atoms with Crippen LogP contribution in [-0.4, -0.2) is 0 Å². The SMILES string of the molecule is Cc1cc(Oc2ccc(Br)c(F)c2)ccc1CBr. The first-order valence-electron chi connectivity index (χ1n) is 5.38. The van der Waals surface area contributed by atoms with Crippen molar-refractivity contribution in [2.75, 3.05) is 0 Å². The first-order chi connectivity index (χ1) is 8.60. The zero-order valence-corrected chi connectivity index (χ0v) is 12.9. The highest BCUT2D eigenvalue weighted by Gasteiger charge is 2.04. The summed E-state index contributed by atoms with van der Waals surface area (Å²) in [6.45, 7) is 2.02. The number of ether oxygens (including phenoxy) is 1. The van der Waals surface area contributed by atoms with Crippen LogP contribution >= 0.6 is 31.9 Å². The van der Waals surface area contributed by atoms with Gasteiger partial charge in [-0.2, -0.15) is 0 Å². The molecule has 2 aromatic carbocycles. The molecule has 0 heterocycles. The normalized spacial score (nSPS) is 10.4. The lowest BCUT2D eigenvalue weighted by molar-refractivity contribution is 0.475. The predicted molar refractivity (Wildman–Crippen MR) is 78.0 cm³/mol. The van der Waals surface area contributed by atoms with E-state index in [1.165, 1.54) is 11.6 Å². The van der Waals surface area contributed by atoms with Gasteiger partial charge in [-0.3, -0.25) is 0 Å². The smallest absolute Gasteiger partial charge is 0.141 e. The minimum atomic E-state index is -0.332. The van der Waals surface area contributed by atoms with Gasteiger partial charge in [0, 0.05) is 11.4 Å². The second kappa shape index (κ2) is 5.85. The van der Waals surface area contributed by atoms with Gasteiger partial charge in [-0.15, -0.1) is 0 Å². The molecule has 0 amide bonds. The van der Waals surface area contributed by atoms with Gasteiger partial charge in [-0.05, 0) is 58.2 Å². The fourth-order valence-corrected chi connectivity index (χ4v) is 2.43. The zero-order chi connectivity index (χ0) is 13.1. The van der Waals surface area contributed by atoms with Crippen LogP contribution in [0.2, 0.25) is 0 Å². The summed E-state index contributed by atoms with van der Waals surface area (Å²) < 4.78 is 19.4. The summed E-state index contributed by atoms with van der Waals surface area (Å²) in [5.74, 6) is 0.863. The molecule has 2 aromatic rings. The van der Waals surface area contributed by atoms with E-state index >= 15 is 0 Å². The Bertz CT molecular complexity index is 570. The Hall–Kier alpha value is -0.870. The molecule has 0 bridgehead atoms. The van der Waals surface area contributed by atoms with Crippen molar-refractivity contribution in [2.24, 2.45) is 0 Å². The maximum absolute atomic E-state index is 13.3. The molecule has 0 unspecified atom stereocenters. The monoisotopic (exact) mass is 372 g/mol. The summed E-state index contributed by atoms with van der Waals surface area (Å²) in [6, 6.07) is 10.5. The molecule has 18 heavy (non-hydrogen) atoms. The molecule has 0 radical (unpaired) electrons. The van der Waals surface area contributed by atoms with E-state index in [2.05, 4.69) is 31.9 Å². The highest BCUT2D eigenvalue weighted by molar-refractivity contribution is 9.10. The number of alkyl halides is 1. The number of aryl methyl sites for hydroxylation is 1. The lowest BCUT2D eigenvalue weighted by atomic mass is 10.1. The Labute approximate surface area is 122 Å². The summed E-state index contributed by atoms with van der Waals surface area (Å²) in [4.78, 5) is 0. The first kappa shape index (κ1) is 13.6. The molecule has 1 nitrogen and oxygen atoms in total. The fourth-order valence-electron chi connectivity index (χ4n) is 1.56. The fraction of sp³-hybridized carbons (Fsp3) is 0.143. The van der Waals surface area contributed by atoms with Crippen molar-refractivity contribution in [1.29, 1.82) is 0 Å². The van der Waals surface area contributed by atoms with E-state index in [1.54, 1.807) is 12.1 Å². The van der Waals surface area contributed by atoms with Crippen LogP contribution in [0.1, 0.15) is 11.1 Å². The minimum Gasteiger partial charge on any atom is -0.457 e. The third-order valence-corrected chi connectivity index (χ3v) is 3.83. The van der Waals surface area contributed by atoms with Crippen molar-refractivity contribution in [3.63, 3.8) is 0 Å². The van der Waals surface area contributed by atoms with Gasteiger partial charge in [0.1, 0.15) is 17.3 Å². The van der Waals surface area contributed by atoms with E-state index in [0.717, 1.165) is 10.9 Å². The van der Waals surface area contributed by atoms with E-state index in [4.69, 9.17) is 4.74 Å². The number of benzene rings is 2. The second-order valence-corrected chi connectivity index (χ2v) is 5.31. The zero-order valence-electron chi connectivity index (χ0n) is 9.71. The van der Waals surface area contributed by atoms with Crippen LogP contribution in [0.4, 0.5) is 4.39 Å². The highest BCUT2D eigenvalue weighted by atomic mass is 79.9. The summed E-state index contributed by atoms with van der Waals surface area (Å²) in [6.07, 6.45) is 0. The van der Waals surface area contributed by atoms with Crippen LogP contribution in [0.25, 0.3) is 0 Å². The minimum absolute atomic E-state index is 0.332. The molecular weight excluding hydrogens is 363 g/mol. The van der Waals surface area contributed by atoms with Crippen LogP contribution in [0.5, 0.6) is 11.5 Å². The lowest BCUT2D eigenvalue weighted by Crippen LogP contribution is -1.89. The largest absolute Gasteiger partial charge is 0.457 e. The number of rotatable bonds is 3. The van der Waals surface area contributed by atoms with Crippen LogP contribution in [-0.2, 0) is 5.33 Å². The molecular formula is C14H11Br2FO. The lowest BCUT2D eigenvalue weighted by Gasteiger charge is -2.09. The Balaban J connectivity index is 2.23. The Kier molecular flexibility index (Phi) is 4.40. The third-order valence-electron chi connectivity index (χ3n) is 2.58. The molecule has 0 atom stereocenters. The summed E-state index contributed by atoms with van der Waals surface area (Å²) >= 11 is 6.53. The molecule has 0 N–H and O–H groups in total. The molecule has 2 rings (SSSR count). The molecule has 0 fully saturated rings. The van der Waals surface area contributed by atoms with Crippen molar-refractivity contribution >= 4 is 31.9 Å². The Morgan fingerprint density at radius 3 is 2.39 bits per heavy atom. The summed E-state index contributed by atoms with van der Waals surface area (Å²) in [5, 5.41) is 0.812. The molecule has 0 aliphatic rings. The van der Waals surface area contributed by atoms with Crippen LogP contribution in [0, 0.1) is 12.7 Å². The van der Waals surface area contributed by atoms with Gasteiger partial charge in [0.2, 0.25) is 0 Å². The molecule has 0 saturated carbocycles. The van der Waals surface area contributed by atoms with E-state index < -0.39 is 0 Å². The average molecular weight is 374 g/mol. The number of halogens is 3. The molecule has 0 aromatic heterocycles. The van der Waals surface area contributed by atoms with Crippen molar-refractivity contribution in [3.05, 3.63) is 57.8 Å². The van der Waals surface area contributed by atoms with E-state index in [9.17, 15) is 4.39 Å². The van der Waals surface area contributed by atoms with Gasteiger partial charge in [0.15, 0.2) is 0 Å². The molecule has 0 saturated heterocycles. The number of hydrogen-bond donors (Lipinski definition) is 0. The third kappa shape index (κ3) is 3.12. The van der Waals surface area contributed by atoms with Crippen molar-refractivity contribution in [3.8, 4) is 11.5 Å². The Morgan fingerprint density at radius 2 is 1.78 bits per heavy atom. The molecule has 0 aliphatic heterocycles. The molecule has 4 heteroatoms. The molecule has 0 aliphatic carbocycles. The van der Waals surface area contributed by atoms with Gasteiger partial charge < -0.3 is 4.74 Å². The van der Waals surface area contributed by atoms with Crippen LogP contribution < -0.4 is 4.74 Å². The van der Waals surface area contributed by atoms with E-state index in [1.807, 2.05) is 25.1 Å². The van der Waals surface area contributed by atoms with Crippen molar-refractivity contribution in [2.45, 2.75) is 12.3 Å². The van der Waals surface area contributed by atoms with Crippen LogP contribution in [0.15, 0.2) is 40.9 Å². The maximum Gasteiger partial charge on any atom is 0.141 e. The quantitative estimate of drug-likeness (QED) is 0.637. The highest BCUT2D eigenvalue weighted by Crippen LogP contribution is 2.27. The van der Waals surface area contributed by atoms with Crippen molar-refractivity contribution < 1.29 is 9.13 Å². The summed E-state index contributed by atoms with van der Waals surface area (Å²) in [7, 11) is 0. The van der Waals surface area contributed by atoms with Crippen molar-refractivity contribution in [1.82, 2.24) is 0 Å². The van der Waals surface area contributed by atoms with E-state index in [0.29, 0.717) is 16.0 Å². The van der Waals surface area contributed by atoms with Crippen LogP contribution in [0.3, 0.4) is 0 Å².